The number of carbonyl (C=O) groups excluding carboxylic acids is 2. The van der Waals surface area contributed by atoms with E-state index in [1.807, 2.05) is 31.2 Å². The third kappa shape index (κ3) is 5.60. The third-order valence-electron chi connectivity index (χ3n) is 4.37. The molecule has 2 N–H and O–H groups in total. The summed E-state index contributed by atoms with van der Waals surface area (Å²) in [6.45, 7) is 2.98. The zero-order valence-electron chi connectivity index (χ0n) is 16.7. The van der Waals surface area contributed by atoms with Crippen LogP contribution in [0.15, 0.2) is 52.8 Å². The number of amides is 2. The van der Waals surface area contributed by atoms with Gasteiger partial charge in [0.25, 0.3) is 11.2 Å². The maximum atomic E-state index is 12.3. The lowest BCUT2D eigenvalue weighted by Crippen LogP contribution is -2.26. The van der Waals surface area contributed by atoms with Gasteiger partial charge in [-0.15, -0.1) is 11.3 Å². The minimum absolute atomic E-state index is 0.108. The van der Waals surface area contributed by atoms with Gasteiger partial charge in [0.1, 0.15) is 6.54 Å². The van der Waals surface area contributed by atoms with E-state index in [2.05, 4.69) is 15.6 Å². The number of nitrogens with one attached hydrogen (secondary N) is 2. The summed E-state index contributed by atoms with van der Waals surface area (Å²) in [5.41, 5.74) is 1.65. The molecular formula is C20H19N5O5S. The Morgan fingerprint density at radius 2 is 1.94 bits per heavy atom. The molecule has 0 aliphatic carbocycles. The molecule has 31 heavy (non-hydrogen) atoms. The Balaban J connectivity index is 1.67. The predicted molar refractivity (Wildman–Crippen MR) is 116 cm³/mol. The second-order valence-corrected chi connectivity index (χ2v) is 7.60. The third-order valence-corrected chi connectivity index (χ3v) is 5.13. The van der Waals surface area contributed by atoms with Crippen molar-refractivity contribution >= 4 is 34.0 Å². The summed E-state index contributed by atoms with van der Waals surface area (Å²) in [5, 5.41) is 18.4. The van der Waals surface area contributed by atoms with Crippen LogP contribution < -0.4 is 16.2 Å². The molecule has 2 amide bonds. The maximum absolute atomic E-state index is 12.3. The number of nitro groups is 1. The molecule has 1 atom stereocenters. The first-order valence-corrected chi connectivity index (χ1v) is 10.1. The SMILES string of the molecule is CC(=O)NC(C)c1ccc(-c2csc(NC(=O)Cn3cc([N+](=O)[O-])ccc3=O)n2)cc1. The Morgan fingerprint density at radius 1 is 1.23 bits per heavy atom. The lowest BCUT2D eigenvalue weighted by Gasteiger charge is -2.13. The van der Waals surface area contributed by atoms with E-state index in [0.29, 0.717) is 10.8 Å². The number of rotatable bonds is 7. The molecule has 1 unspecified atom stereocenters. The van der Waals surface area contributed by atoms with Gasteiger partial charge in [0, 0.05) is 30.0 Å². The molecular weight excluding hydrogens is 422 g/mol. The minimum Gasteiger partial charge on any atom is -0.350 e. The largest absolute Gasteiger partial charge is 0.350 e. The average Bonchev–Trinajstić information content (AvgIpc) is 3.17. The first-order chi connectivity index (χ1) is 14.7. The number of hydrogen-bond acceptors (Lipinski definition) is 7. The van der Waals surface area contributed by atoms with Gasteiger partial charge in [0.05, 0.1) is 22.9 Å². The van der Waals surface area contributed by atoms with Gasteiger partial charge in [-0.3, -0.25) is 29.1 Å². The molecule has 1 aromatic carbocycles. The summed E-state index contributed by atoms with van der Waals surface area (Å²) in [5.74, 6) is -0.633. The van der Waals surface area contributed by atoms with Gasteiger partial charge in [0.2, 0.25) is 11.8 Å². The Labute approximate surface area is 180 Å². The van der Waals surface area contributed by atoms with Gasteiger partial charge < -0.3 is 10.6 Å². The number of pyridine rings is 1. The summed E-state index contributed by atoms with van der Waals surface area (Å²) < 4.78 is 0.969. The van der Waals surface area contributed by atoms with Crippen LogP contribution in [0, 0.1) is 10.1 Å². The highest BCUT2D eigenvalue weighted by molar-refractivity contribution is 7.14. The van der Waals surface area contributed by atoms with Crippen molar-refractivity contribution in [3.05, 3.63) is 74.0 Å². The fourth-order valence-corrected chi connectivity index (χ4v) is 3.59. The molecule has 0 bridgehead atoms. The average molecular weight is 441 g/mol. The Kier molecular flexibility index (Phi) is 6.55. The first kappa shape index (κ1) is 21.8. The monoisotopic (exact) mass is 441 g/mol. The minimum atomic E-state index is -0.636. The first-order valence-electron chi connectivity index (χ1n) is 9.20. The number of anilines is 1. The van der Waals surface area contributed by atoms with Crippen LogP contribution in [0.5, 0.6) is 0 Å². The Morgan fingerprint density at radius 3 is 2.58 bits per heavy atom. The lowest BCUT2D eigenvalue weighted by molar-refractivity contribution is -0.385. The molecule has 0 aliphatic heterocycles. The number of aromatic nitrogens is 2. The fourth-order valence-electron chi connectivity index (χ4n) is 2.86. The second kappa shape index (κ2) is 9.30. The number of hydrogen-bond donors (Lipinski definition) is 2. The molecule has 0 saturated carbocycles. The van der Waals surface area contributed by atoms with Gasteiger partial charge in [-0.05, 0) is 12.5 Å². The molecule has 0 saturated heterocycles. The van der Waals surface area contributed by atoms with E-state index in [9.17, 15) is 24.5 Å². The van der Waals surface area contributed by atoms with Gasteiger partial charge >= 0.3 is 0 Å². The lowest BCUT2D eigenvalue weighted by atomic mass is 10.1. The Bertz CT molecular complexity index is 1190. The van der Waals surface area contributed by atoms with Crippen LogP contribution in [0.2, 0.25) is 0 Å². The Hall–Kier alpha value is -3.86. The van der Waals surface area contributed by atoms with Crippen LogP contribution in [-0.4, -0.2) is 26.3 Å². The number of carbonyl (C=O) groups is 2. The van der Waals surface area contributed by atoms with Crippen LogP contribution in [0.25, 0.3) is 11.3 Å². The van der Waals surface area contributed by atoms with Gasteiger partial charge in [0.15, 0.2) is 5.13 Å². The highest BCUT2D eigenvalue weighted by Crippen LogP contribution is 2.26. The van der Waals surface area contributed by atoms with Crippen LogP contribution in [-0.2, 0) is 16.1 Å². The molecule has 0 aliphatic rings. The molecule has 11 heteroatoms. The smallest absolute Gasteiger partial charge is 0.285 e. The van der Waals surface area contributed by atoms with Crippen molar-refractivity contribution in [2.24, 2.45) is 0 Å². The van der Waals surface area contributed by atoms with Crippen molar-refractivity contribution in [3.8, 4) is 11.3 Å². The van der Waals surface area contributed by atoms with E-state index < -0.39 is 16.4 Å². The fraction of sp³-hybridized carbons (Fsp3) is 0.200. The van der Waals surface area contributed by atoms with E-state index in [1.165, 1.54) is 18.3 Å². The summed E-state index contributed by atoms with van der Waals surface area (Å²) in [4.78, 5) is 49.9. The van der Waals surface area contributed by atoms with Crippen LogP contribution in [0.4, 0.5) is 10.8 Å². The number of thiazole rings is 1. The van der Waals surface area contributed by atoms with Crippen molar-refractivity contribution in [3.63, 3.8) is 0 Å². The summed E-state index contributed by atoms with van der Waals surface area (Å²) >= 11 is 1.22. The quantitative estimate of drug-likeness (QED) is 0.427. The van der Waals surface area contributed by atoms with Gasteiger partial charge in [-0.1, -0.05) is 24.3 Å². The van der Waals surface area contributed by atoms with Crippen molar-refractivity contribution in [1.29, 1.82) is 0 Å². The summed E-state index contributed by atoms with van der Waals surface area (Å²) in [6, 6.07) is 9.54. The highest BCUT2D eigenvalue weighted by Gasteiger charge is 2.13. The standard InChI is InChI=1S/C20H19N5O5S/c1-12(21-13(2)26)14-3-5-15(6-4-14)17-11-31-20(22-17)23-18(27)10-24-9-16(25(29)30)7-8-19(24)28/h3-9,11-12H,10H2,1-2H3,(H,21,26)(H,22,23,27). The maximum Gasteiger partial charge on any atom is 0.285 e. The van der Waals surface area contributed by atoms with Gasteiger partial charge in [-0.2, -0.15) is 0 Å². The van der Waals surface area contributed by atoms with E-state index in [4.69, 9.17) is 0 Å². The number of benzene rings is 1. The van der Waals surface area contributed by atoms with E-state index in [0.717, 1.165) is 34.0 Å². The summed E-state index contributed by atoms with van der Waals surface area (Å²) in [7, 11) is 0. The predicted octanol–water partition coefficient (Wildman–Crippen LogP) is 2.72. The zero-order valence-corrected chi connectivity index (χ0v) is 17.5. The van der Waals surface area contributed by atoms with Crippen molar-refractivity contribution < 1.29 is 14.5 Å². The van der Waals surface area contributed by atoms with Crippen LogP contribution >= 0.6 is 11.3 Å². The van der Waals surface area contributed by atoms with E-state index >= 15 is 0 Å². The van der Waals surface area contributed by atoms with Crippen LogP contribution in [0.1, 0.15) is 25.5 Å². The highest BCUT2D eigenvalue weighted by atomic mass is 32.1. The van der Waals surface area contributed by atoms with Crippen molar-refractivity contribution in [1.82, 2.24) is 14.9 Å². The number of nitrogens with zero attached hydrogens (tertiary/aromatic N) is 3. The molecule has 160 valence electrons. The molecule has 3 rings (SSSR count). The molecule has 10 nitrogen and oxygen atoms in total. The molecule has 3 aromatic rings. The normalized spacial score (nSPS) is 11.5. The van der Waals surface area contributed by atoms with E-state index in [-0.39, 0.29) is 24.2 Å². The van der Waals surface area contributed by atoms with Crippen molar-refractivity contribution in [2.45, 2.75) is 26.4 Å². The topological polar surface area (TPSA) is 136 Å². The van der Waals surface area contributed by atoms with E-state index in [1.54, 1.807) is 5.38 Å². The summed E-state index contributed by atoms with van der Waals surface area (Å²) in [6.07, 6.45) is 1.03. The second-order valence-electron chi connectivity index (χ2n) is 6.74. The van der Waals surface area contributed by atoms with Gasteiger partial charge in [-0.25, -0.2) is 4.98 Å². The molecule has 0 spiro atoms. The van der Waals surface area contributed by atoms with Crippen LogP contribution in [0.3, 0.4) is 0 Å². The molecule has 2 aromatic heterocycles. The molecule has 2 heterocycles. The van der Waals surface area contributed by atoms with Crippen molar-refractivity contribution in [2.75, 3.05) is 5.32 Å². The zero-order chi connectivity index (χ0) is 22.5. The molecule has 0 radical (unpaired) electrons. The molecule has 0 fully saturated rings.